The molecule has 2 rings (SSSR count). The van der Waals surface area contributed by atoms with Crippen molar-refractivity contribution < 1.29 is 4.74 Å². The summed E-state index contributed by atoms with van der Waals surface area (Å²) in [6.07, 6.45) is 1.52. The van der Waals surface area contributed by atoms with Gasteiger partial charge in [0.05, 0.1) is 0 Å². The number of benzene rings is 1. The van der Waals surface area contributed by atoms with Crippen LogP contribution in [0.3, 0.4) is 0 Å². The molecule has 1 saturated heterocycles. The summed E-state index contributed by atoms with van der Waals surface area (Å²) in [5.41, 5.74) is 1.64. The maximum Gasteiger partial charge on any atom is 0.123 e. The fraction of sp³-hybridized carbons (Fsp3) is 0.571. The SMILES string of the molecule is CCC(C)(C)c1ccc(OC2CNC2)cc1. The summed E-state index contributed by atoms with van der Waals surface area (Å²) in [5.74, 6) is 0.988. The Labute approximate surface area is 98.0 Å². The molecule has 0 aromatic heterocycles. The van der Waals surface area contributed by atoms with Gasteiger partial charge in [-0.25, -0.2) is 0 Å². The highest BCUT2D eigenvalue weighted by Crippen LogP contribution is 2.28. The molecule has 1 aromatic carbocycles. The Morgan fingerprint density at radius 3 is 2.31 bits per heavy atom. The summed E-state index contributed by atoms with van der Waals surface area (Å²) in [6.45, 7) is 8.73. The molecule has 0 unspecified atom stereocenters. The number of rotatable bonds is 4. The van der Waals surface area contributed by atoms with Gasteiger partial charge >= 0.3 is 0 Å². The van der Waals surface area contributed by atoms with Crippen LogP contribution >= 0.6 is 0 Å². The minimum absolute atomic E-state index is 0.260. The van der Waals surface area contributed by atoms with Crippen LogP contribution in [0.4, 0.5) is 0 Å². The quantitative estimate of drug-likeness (QED) is 0.840. The number of hydrogen-bond acceptors (Lipinski definition) is 2. The molecule has 0 aliphatic carbocycles. The van der Waals surface area contributed by atoms with Crippen LogP contribution in [0.25, 0.3) is 0 Å². The molecule has 2 heteroatoms. The van der Waals surface area contributed by atoms with Gasteiger partial charge in [-0.2, -0.15) is 0 Å². The number of nitrogens with one attached hydrogen (secondary N) is 1. The molecule has 0 bridgehead atoms. The lowest BCUT2D eigenvalue weighted by molar-refractivity contribution is 0.142. The van der Waals surface area contributed by atoms with Gasteiger partial charge in [0.1, 0.15) is 11.9 Å². The Morgan fingerprint density at radius 1 is 1.25 bits per heavy atom. The molecule has 2 nitrogen and oxygen atoms in total. The Hall–Kier alpha value is -1.02. The molecule has 88 valence electrons. The molecule has 0 amide bonds. The van der Waals surface area contributed by atoms with Gasteiger partial charge in [0, 0.05) is 13.1 Å². The van der Waals surface area contributed by atoms with Crippen molar-refractivity contribution >= 4 is 0 Å². The van der Waals surface area contributed by atoms with Gasteiger partial charge in [0.25, 0.3) is 0 Å². The van der Waals surface area contributed by atoms with Crippen molar-refractivity contribution in [1.82, 2.24) is 5.32 Å². The molecule has 1 aliphatic rings. The lowest BCUT2D eigenvalue weighted by Crippen LogP contribution is -2.50. The van der Waals surface area contributed by atoms with Gasteiger partial charge in [0.15, 0.2) is 0 Å². The fourth-order valence-corrected chi connectivity index (χ4v) is 1.73. The van der Waals surface area contributed by atoms with Crippen LogP contribution in [0.5, 0.6) is 5.75 Å². The zero-order valence-electron chi connectivity index (χ0n) is 10.4. The van der Waals surface area contributed by atoms with Crippen molar-refractivity contribution in [1.29, 1.82) is 0 Å². The fourth-order valence-electron chi connectivity index (χ4n) is 1.73. The third kappa shape index (κ3) is 2.38. The monoisotopic (exact) mass is 219 g/mol. The van der Waals surface area contributed by atoms with Crippen LogP contribution in [0.15, 0.2) is 24.3 Å². The van der Waals surface area contributed by atoms with Crippen molar-refractivity contribution in [3.63, 3.8) is 0 Å². The standard InChI is InChI=1S/C14H21NO/c1-4-14(2,3)11-5-7-12(8-6-11)16-13-9-15-10-13/h5-8,13,15H,4,9-10H2,1-3H3. The molecule has 0 atom stereocenters. The average molecular weight is 219 g/mol. The van der Waals surface area contributed by atoms with Crippen molar-refractivity contribution in [2.24, 2.45) is 0 Å². The van der Waals surface area contributed by atoms with Gasteiger partial charge in [-0.1, -0.05) is 32.9 Å². The second kappa shape index (κ2) is 4.46. The van der Waals surface area contributed by atoms with E-state index >= 15 is 0 Å². The third-order valence-corrected chi connectivity index (χ3v) is 3.57. The highest BCUT2D eigenvalue weighted by atomic mass is 16.5. The first-order chi connectivity index (χ1) is 7.62. The van der Waals surface area contributed by atoms with E-state index in [1.54, 1.807) is 0 Å². The van der Waals surface area contributed by atoms with Crippen LogP contribution < -0.4 is 10.1 Å². The normalized spacial score (nSPS) is 16.9. The lowest BCUT2D eigenvalue weighted by Gasteiger charge is -2.28. The van der Waals surface area contributed by atoms with Crippen LogP contribution in [-0.2, 0) is 5.41 Å². The molecule has 0 saturated carbocycles. The van der Waals surface area contributed by atoms with E-state index in [0.717, 1.165) is 25.3 Å². The van der Waals surface area contributed by atoms with E-state index in [4.69, 9.17) is 4.74 Å². The van der Waals surface area contributed by atoms with E-state index in [9.17, 15) is 0 Å². The van der Waals surface area contributed by atoms with E-state index in [2.05, 4.69) is 50.4 Å². The van der Waals surface area contributed by atoms with Crippen molar-refractivity contribution in [3.8, 4) is 5.75 Å². The van der Waals surface area contributed by atoms with E-state index in [1.807, 2.05) is 0 Å². The first-order valence-corrected chi connectivity index (χ1v) is 6.10. The molecule has 1 N–H and O–H groups in total. The molecule has 1 aliphatic heterocycles. The highest BCUT2D eigenvalue weighted by molar-refractivity contribution is 5.31. The second-order valence-corrected chi connectivity index (χ2v) is 5.16. The lowest BCUT2D eigenvalue weighted by atomic mass is 9.82. The van der Waals surface area contributed by atoms with Crippen LogP contribution in [-0.4, -0.2) is 19.2 Å². The van der Waals surface area contributed by atoms with Crippen LogP contribution in [0, 0.1) is 0 Å². The predicted molar refractivity (Wildman–Crippen MR) is 67.0 cm³/mol. The van der Waals surface area contributed by atoms with Crippen LogP contribution in [0.2, 0.25) is 0 Å². The second-order valence-electron chi connectivity index (χ2n) is 5.16. The topological polar surface area (TPSA) is 21.3 Å². The Bertz CT molecular complexity index is 338. The van der Waals surface area contributed by atoms with Gasteiger partial charge in [0.2, 0.25) is 0 Å². The van der Waals surface area contributed by atoms with Crippen LogP contribution in [0.1, 0.15) is 32.8 Å². The summed E-state index contributed by atoms with van der Waals surface area (Å²) in [6, 6.07) is 8.55. The summed E-state index contributed by atoms with van der Waals surface area (Å²) in [4.78, 5) is 0. The predicted octanol–water partition coefficient (Wildman–Crippen LogP) is 2.72. The van der Waals surface area contributed by atoms with E-state index in [1.165, 1.54) is 5.56 Å². The first kappa shape index (κ1) is 11.5. The molecule has 16 heavy (non-hydrogen) atoms. The molecular formula is C14H21NO. The Morgan fingerprint density at radius 2 is 1.88 bits per heavy atom. The van der Waals surface area contributed by atoms with Crippen molar-refractivity contribution in [2.75, 3.05) is 13.1 Å². The highest BCUT2D eigenvalue weighted by Gasteiger charge is 2.20. The van der Waals surface area contributed by atoms with E-state index in [-0.39, 0.29) is 5.41 Å². The Kier molecular flexibility index (Phi) is 3.20. The summed E-state index contributed by atoms with van der Waals surface area (Å²) < 4.78 is 5.79. The maximum absolute atomic E-state index is 5.79. The maximum atomic E-state index is 5.79. The van der Waals surface area contributed by atoms with Gasteiger partial charge in [-0.15, -0.1) is 0 Å². The molecule has 0 radical (unpaired) electrons. The average Bonchev–Trinajstić information content (AvgIpc) is 2.24. The summed E-state index contributed by atoms with van der Waals surface area (Å²) in [7, 11) is 0. The van der Waals surface area contributed by atoms with Gasteiger partial charge in [-0.3, -0.25) is 0 Å². The number of hydrogen-bond donors (Lipinski definition) is 1. The smallest absolute Gasteiger partial charge is 0.123 e. The molecule has 0 spiro atoms. The molecular weight excluding hydrogens is 198 g/mol. The van der Waals surface area contributed by atoms with Crippen molar-refractivity contribution in [2.45, 2.75) is 38.7 Å². The van der Waals surface area contributed by atoms with E-state index < -0.39 is 0 Å². The minimum Gasteiger partial charge on any atom is -0.488 e. The first-order valence-electron chi connectivity index (χ1n) is 6.10. The third-order valence-electron chi connectivity index (χ3n) is 3.57. The van der Waals surface area contributed by atoms with Crippen molar-refractivity contribution in [3.05, 3.63) is 29.8 Å². The molecule has 1 aromatic rings. The molecule has 1 fully saturated rings. The largest absolute Gasteiger partial charge is 0.488 e. The van der Waals surface area contributed by atoms with Gasteiger partial charge in [-0.05, 0) is 29.5 Å². The zero-order chi connectivity index (χ0) is 11.6. The summed E-state index contributed by atoms with van der Waals surface area (Å²) in [5, 5.41) is 3.20. The van der Waals surface area contributed by atoms with E-state index in [0.29, 0.717) is 6.10 Å². The minimum atomic E-state index is 0.260. The Balaban J connectivity index is 2.03. The number of ether oxygens (including phenoxy) is 1. The zero-order valence-corrected chi connectivity index (χ0v) is 10.4. The molecule has 1 heterocycles. The summed E-state index contributed by atoms with van der Waals surface area (Å²) >= 11 is 0. The van der Waals surface area contributed by atoms with Gasteiger partial charge < -0.3 is 10.1 Å².